The van der Waals surface area contributed by atoms with Gasteiger partial charge < -0.3 is 50.0 Å². The van der Waals surface area contributed by atoms with Gasteiger partial charge in [0.05, 0.1) is 19.3 Å². The van der Waals surface area contributed by atoms with Crippen LogP contribution in [0.3, 0.4) is 0 Å². The lowest BCUT2D eigenvalue weighted by Crippen LogP contribution is -2.61. The number of methoxy groups -OCH3 is 1. The van der Waals surface area contributed by atoms with Crippen LogP contribution in [0.4, 0.5) is 0 Å². The van der Waals surface area contributed by atoms with Crippen molar-refractivity contribution < 1.29 is 50.0 Å². The van der Waals surface area contributed by atoms with Gasteiger partial charge in [-0.1, -0.05) is 6.92 Å². The van der Waals surface area contributed by atoms with E-state index in [1.807, 2.05) is 0 Å². The summed E-state index contributed by atoms with van der Waals surface area (Å²) in [5, 5.41) is 68.0. The van der Waals surface area contributed by atoms with Crippen molar-refractivity contribution in [1.29, 1.82) is 0 Å². The maximum absolute atomic E-state index is 10.2. The van der Waals surface area contributed by atoms with Gasteiger partial charge in [-0.25, -0.2) is 0 Å². The Morgan fingerprint density at radius 1 is 1.04 bits per heavy atom. The van der Waals surface area contributed by atoms with Gasteiger partial charge in [-0.15, -0.1) is 0 Å². The van der Waals surface area contributed by atoms with Crippen molar-refractivity contribution in [3.05, 3.63) is 0 Å². The van der Waals surface area contributed by atoms with E-state index in [-0.39, 0.29) is 6.42 Å². The maximum atomic E-state index is 10.2. The minimum Gasteiger partial charge on any atom is -0.394 e. The van der Waals surface area contributed by atoms with E-state index in [4.69, 9.17) is 19.3 Å². The highest BCUT2D eigenvalue weighted by molar-refractivity contribution is 4.91. The normalized spacial score (nSPS) is 36.1. The zero-order chi connectivity index (χ0) is 18.4. The first-order chi connectivity index (χ1) is 11.3. The summed E-state index contributed by atoms with van der Waals surface area (Å²) in [7, 11) is 1.26. The van der Waals surface area contributed by atoms with E-state index in [9.17, 15) is 30.6 Å². The van der Waals surface area contributed by atoms with Gasteiger partial charge in [-0.2, -0.15) is 0 Å². The minimum absolute atomic E-state index is 0.192. The number of hydrogen-bond donors (Lipinski definition) is 7. The molecule has 0 aromatic carbocycles. The van der Waals surface area contributed by atoms with Crippen molar-refractivity contribution in [2.45, 2.75) is 68.5 Å². The third kappa shape index (κ3) is 4.82. The quantitative estimate of drug-likeness (QED) is 0.218. The molecule has 0 aromatic rings. The van der Waals surface area contributed by atoms with Gasteiger partial charge in [0.15, 0.2) is 6.29 Å². The van der Waals surface area contributed by atoms with Crippen LogP contribution in [0.15, 0.2) is 0 Å². The highest BCUT2D eigenvalue weighted by Gasteiger charge is 2.46. The maximum Gasteiger partial charge on any atom is 0.187 e. The number of ether oxygens (including phenoxy) is 3. The molecule has 0 radical (unpaired) electrons. The van der Waals surface area contributed by atoms with Crippen molar-refractivity contribution in [3.63, 3.8) is 0 Å². The Bertz CT molecular complexity index is 350. The molecule has 7 N–H and O–H groups in total. The summed E-state index contributed by atoms with van der Waals surface area (Å²) in [5.41, 5.74) is 0. The molecule has 24 heavy (non-hydrogen) atoms. The third-order valence-electron chi connectivity index (χ3n) is 4.14. The second kappa shape index (κ2) is 9.92. The average Bonchev–Trinajstić information content (AvgIpc) is 2.60. The van der Waals surface area contributed by atoms with E-state index in [2.05, 4.69) is 0 Å². The summed E-state index contributed by atoms with van der Waals surface area (Å²) < 4.78 is 15.6. The van der Waals surface area contributed by atoms with Crippen molar-refractivity contribution in [2.24, 2.45) is 0 Å². The Kier molecular flexibility index (Phi) is 8.95. The van der Waals surface area contributed by atoms with E-state index >= 15 is 0 Å². The predicted octanol–water partition coefficient (Wildman–Crippen LogP) is -3.69. The Morgan fingerprint density at radius 3 is 2.12 bits per heavy atom. The monoisotopic (exact) mass is 356 g/mol. The van der Waals surface area contributed by atoms with E-state index in [1.165, 1.54) is 7.11 Å². The highest BCUT2D eigenvalue weighted by atomic mass is 16.7. The first-order valence-corrected chi connectivity index (χ1v) is 7.78. The molecule has 144 valence electrons. The van der Waals surface area contributed by atoms with Crippen LogP contribution in [-0.2, 0) is 14.2 Å². The Labute approximate surface area is 139 Å². The predicted molar refractivity (Wildman–Crippen MR) is 78.8 cm³/mol. The van der Waals surface area contributed by atoms with Gasteiger partial charge in [0.1, 0.15) is 42.7 Å². The van der Waals surface area contributed by atoms with Crippen molar-refractivity contribution in [1.82, 2.24) is 0 Å². The molecule has 9 atom stereocenters. The molecule has 0 aliphatic carbocycles. The number of aliphatic hydroxyl groups is 7. The van der Waals surface area contributed by atoms with Crippen LogP contribution in [0, 0.1) is 0 Å². The van der Waals surface area contributed by atoms with Crippen LogP contribution < -0.4 is 0 Å². The van der Waals surface area contributed by atoms with Gasteiger partial charge in [-0.3, -0.25) is 0 Å². The van der Waals surface area contributed by atoms with Crippen molar-refractivity contribution in [2.75, 3.05) is 20.3 Å². The van der Waals surface area contributed by atoms with E-state index in [1.54, 1.807) is 6.92 Å². The summed E-state index contributed by atoms with van der Waals surface area (Å²) in [4.78, 5) is 0. The van der Waals surface area contributed by atoms with E-state index < -0.39 is 68.3 Å². The molecule has 4 unspecified atom stereocenters. The molecule has 1 fully saturated rings. The summed E-state index contributed by atoms with van der Waals surface area (Å²) in [5.74, 6) is 0. The fourth-order valence-corrected chi connectivity index (χ4v) is 2.50. The lowest BCUT2D eigenvalue weighted by atomic mass is 9.98. The summed E-state index contributed by atoms with van der Waals surface area (Å²) in [6, 6.07) is 0. The lowest BCUT2D eigenvalue weighted by Gasteiger charge is -2.42. The molecule has 0 bridgehead atoms. The topological polar surface area (TPSA) is 169 Å². The number of hydrogen-bond acceptors (Lipinski definition) is 10. The largest absolute Gasteiger partial charge is 0.394 e. The molecule has 0 saturated carbocycles. The molecule has 10 heteroatoms. The fourth-order valence-electron chi connectivity index (χ4n) is 2.50. The third-order valence-corrected chi connectivity index (χ3v) is 4.14. The smallest absolute Gasteiger partial charge is 0.187 e. The van der Waals surface area contributed by atoms with Gasteiger partial charge in [0, 0.05) is 7.11 Å². The molecule has 1 rings (SSSR count). The van der Waals surface area contributed by atoms with Crippen LogP contribution in [0.25, 0.3) is 0 Å². The second-order valence-corrected chi connectivity index (χ2v) is 5.72. The highest BCUT2D eigenvalue weighted by Crippen LogP contribution is 2.25. The van der Waals surface area contributed by atoms with Crippen LogP contribution in [0.5, 0.6) is 0 Å². The van der Waals surface area contributed by atoms with Gasteiger partial charge >= 0.3 is 0 Å². The Balaban J connectivity index is 2.95. The zero-order valence-electron chi connectivity index (χ0n) is 13.7. The molecule has 1 heterocycles. The molecule has 1 aliphatic heterocycles. The molecule has 10 nitrogen and oxygen atoms in total. The second-order valence-electron chi connectivity index (χ2n) is 5.72. The molecular weight excluding hydrogens is 328 g/mol. The van der Waals surface area contributed by atoms with Crippen molar-refractivity contribution in [3.8, 4) is 0 Å². The van der Waals surface area contributed by atoms with E-state index in [0.29, 0.717) is 0 Å². The fraction of sp³-hybridized carbons (Fsp3) is 1.00. The van der Waals surface area contributed by atoms with Gasteiger partial charge in [0.25, 0.3) is 0 Å². The molecule has 0 spiro atoms. The summed E-state index contributed by atoms with van der Waals surface area (Å²) in [6.07, 6.45) is -12.4. The lowest BCUT2D eigenvalue weighted by molar-refractivity contribution is -0.328. The standard InChI is InChI=1S/C14H28O10/c1-3-6(17)9(18)13(8(5-16)22-2)24-14-12(21)11(20)10(19)7(4-15)23-14/h6-21H,3-5H2,1-2H3/t6?,7?,8?,9-,10-,11+,12?,13-,14+/m1/s1. The van der Waals surface area contributed by atoms with Crippen molar-refractivity contribution >= 4 is 0 Å². The van der Waals surface area contributed by atoms with Crippen LogP contribution in [-0.4, -0.2) is 111 Å². The SMILES string of the molecule is CCC(O)[C@@H](O)[C@H](O[C@@H]1OC(CO)[C@@H](O)[C@H](O)C1O)C(CO)OC. The number of aliphatic hydroxyl groups excluding tert-OH is 7. The molecule has 1 saturated heterocycles. The van der Waals surface area contributed by atoms with Gasteiger partial charge in [0.2, 0.25) is 0 Å². The molecular formula is C14H28O10. The minimum atomic E-state index is -1.67. The van der Waals surface area contributed by atoms with Crippen LogP contribution >= 0.6 is 0 Å². The average molecular weight is 356 g/mol. The first kappa shape index (κ1) is 21.6. The number of rotatable bonds is 9. The summed E-state index contributed by atoms with van der Waals surface area (Å²) in [6.45, 7) is 0.439. The van der Waals surface area contributed by atoms with E-state index in [0.717, 1.165) is 0 Å². The zero-order valence-corrected chi connectivity index (χ0v) is 13.7. The Hall–Kier alpha value is -0.400. The molecule has 0 aromatic heterocycles. The Morgan fingerprint density at radius 2 is 1.67 bits per heavy atom. The summed E-state index contributed by atoms with van der Waals surface area (Å²) >= 11 is 0. The van der Waals surface area contributed by atoms with Crippen LogP contribution in [0.2, 0.25) is 0 Å². The van der Waals surface area contributed by atoms with Gasteiger partial charge in [-0.05, 0) is 6.42 Å². The van der Waals surface area contributed by atoms with Crippen LogP contribution in [0.1, 0.15) is 13.3 Å². The first-order valence-electron chi connectivity index (χ1n) is 7.78. The molecule has 1 aliphatic rings. The molecule has 0 amide bonds.